The molecule has 0 amide bonds. The number of fused-ring (bicyclic) bond motifs is 4. The molecule has 0 saturated carbocycles. The summed E-state index contributed by atoms with van der Waals surface area (Å²) in [5.74, 6) is 0. The van der Waals surface area contributed by atoms with E-state index < -0.39 is 0 Å². The normalized spacial score (nSPS) is 20.1. The predicted molar refractivity (Wildman–Crippen MR) is 132 cm³/mol. The lowest BCUT2D eigenvalue weighted by Crippen LogP contribution is -1.96. The third-order valence-electron chi connectivity index (χ3n) is 5.12. The molecule has 0 fully saturated rings. The Balaban J connectivity index is 0.00000204. The summed E-state index contributed by atoms with van der Waals surface area (Å²) in [6.45, 7) is 0. The second kappa shape index (κ2) is 8.02. The molecule has 0 radical (unpaired) electrons. The van der Waals surface area contributed by atoms with Gasteiger partial charge in [0.1, 0.15) is 0 Å². The van der Waals surface area contributed by atoms with Crippen molar-refractivity contribution in [1.29, 1.82) is 0 Å². The van der Waals surface area contributed by atoms with Gasteiger partial charge in [-0.25, -0.2) is 20.0 Å². The van der Waals surface area contributed by atoms with Gasteiger partial charge in [-0.05, 0) is 72.4 Å². The van der Waals surface area contributed by atoms with Crippen LogP contribution in [0, 0.1) is 0 Å². The van der Waals surface area contributed by atoms with Crippen molar-refractivity contribution >= 4 is 51.5 Å². The maximum Gasteiger partial charge on any atom is 0.316 e. The maximum atomic E-state index is 4.87. The Hall–Kier alpha value is -3.41. The van der Waals surface area contributed by atoms with Crippen LogP contribution >= 0.6 is 0 Å². The minimum atomic E-state index is 0. The molecule has 0 spiro atoms. The molecule has 31 heavy (non-hydrogen) atoms. The summed E-state index contributed by atoms with van der Waals surface area (Å²) >= 11 is 0. The van der Waals surface area contributed by atoms with Crippen molar-refractivity contribution in [2.75, 3.05) is 0 Å². The topological polar surface area (TPSA) is 49.4 Å². The first-order valence-corrected chi connectivity index (χ1v) is 9.82. The molecular weight excluding hydrogens is 393 g/mol. The molecule has 144 valence electrons. The van der Waals surface area contributed by atoms with E-state index in [0.29, 0.717) is 0 Å². The van der Waals surface area contributed by atoms with E-state index in [2.05, 4.69) is 23.2 Å². The number of hydrogen-bond acceptors (Lipinski definition) is 4. The largest absolute Gasteiger partial charge is 0.316 e. The van der Waals surface area contributed by atoms with Gasteiger partial charge in [0.25, 0.3) is 0 Å². The van der Waals surface area contributed by atoms with Gasteiger partial charge >= 0.3 is 23.1 Å². The third-order valence-corrected chi connectivity index (χ3v) is 5.12. The highest BCUT2D eigenvalue weighted by molar-refractivity contribution is 6.32. The van der Waals surface area contributed by atoms with Gasteiger partial charge in [0.15, 0.2) is 0 Å². The first-order valence-electron chi connectivity index (χ1n) is 9.82. The summed E-state index contributed by atoms with van der Waals surface area (Å²) in [6, 6.07) is 10.3. The summed E-state index contributed by atoms with van der Waals surface area (Å²) in [7, 11) is 0. The molecule has 0 aromatic heterocycles. The zero-order valence-corrected chi connectivity index (χ0v) is 16.0. The Labute approximate surface area is 196 Å². The quantitative estimate of drug-likeness (QED) is 0.623. The van der Waals surface area contributed by atoms with Gasteiger partial charge < -0.3 is 0 Å². The van der Waals surface area contributed by atoms with Crippen molar-refractivity contribution in [2.45, 2.75) is 0 Å². The molecule has 5 aliphatic heterocycles. The van der Waals surface area contributed by atoms with Crippen molar-refractivity contribution in [3.8, 4) is 0 Å². The van der Waals surface area contributed by atoms with Gasteiger partial charge in [0.05, 0.1) is 45.6 Å². The molecule has 6 rings (SSSR count). The van der Waals surface area contributed by atoms with E-state index in [1.807, 2.05) is 79.0 Å². The van der Waals surface area contributed by atoms with E-state index in [1.165, 1.54) is 0 Å². The Morgan fingerprint density at radius 1 is 0.452 bits per heavy atom. The third kappa shape index (κ3) is 3.97. The van der Waals surface area contributed by atoms with Crippen molar-refractivity contribution in [3.05, 3.63) is 126 Å². The summed E-state index contributed by atoms with van der Waals surface area (Å²) < 4.78 is 0. The highest BCUT2D eigenvalue weighted by Crippen LogP contribution is 2.28. The van der Waals surface area contributed by atoms with Crippen LogP contribution in [0.1, 0.15) is 5.56 Å². The number of rotatable bonds is 1. The van der Waals surface area contributed by atoms with E-state index in [1.54, 1.807) is 0 Å². The Bertz CT molecular complexity index is 1350. The first kappa shape index (κ1) is 19.5. The van der Waals surface area contributed by atoms with Crippen LogP contribution in [0.15, 0.2) is 140 Å². The second-order valence-corrected chi connectivity index (χ2v) is 7.31. The van der Waals surface area contributed by atoms with Crippen LogP contribution in [-0.2, 0) is 0 Å². The molecule has 5 aliphatic rings. The van der Waals surface area contributed by atoms with Crippen LogP contribution in [0.5, 0.6) is 0 Å². The van der Waals surface area contributed by atoms with Gasteiger partial charge in [-0.3, -0.25) is 0 Å². The fourth-order valence-corrected chi connectivity index (χ4v) is 3.75. The van der Waals surface area contributed by atoms with Gasteiger partial charge in [0.2, 0.25) is 0 Å². The lowest BCUT2D eigenvalue weighted by atomic mass is 10.0. The van der Waals surface area contributed by atoms with Crippen LogP contribution in [0.25, 0.3) is 5.57 Å². The molecule has 8 bridgehead atoms. The number of nitrogens with zero attached hydrogens (tertiary/aromatic N) is 4. The lowest BCUT2D eigenvalue weighted by Gasteiger charge is -2.03. The van der Waals surface area contributed by atoms with Gasteiger partial charge in [-0.1, -0.05) is 30.3 Å². The molecular formula is C26H18MgN4. The van der Waals surface area contributed by atoms with E-state index >= 15 is 0 Å². The molecule has 1 aromatic carbocycles. The Morgan fingerprint density at radius 3 is 1.55 bits per heavy atom. The summed E-state index contributed by atoms with van der Waals surface area (Å²) in [6.07, 6.45) is 22.1. The fraction of sp³-hybridized carbons (Fsp3) is 0. The molecule has 1 aromatic rings. The molecule has 4 nitrogen and oxygen atoms in total. The average molecular weight is 411 g/mol. The second-order valence-electron chi connectivity index (χ2n) is 7.31. The minimum Gasteiger partial charge on any atom is -0.249 e. The standard InChI is InChI=1S/C26H16N4.Mg.2H/c1-2-4-17(5-3-1)25-15-24-14-22-9-8-20(28-22)12-18-6-7-19(27-18)13-21-10-11-23(29-21)16-26(25)30-24;;;/h1-16H;;;. The molecule has 0 unspecified atom stereocenters. The summed E-state index contributed by atoms with van der Waals surface area (Å²) in [5.41, 5.74) is 9.28. The van der Waals surface area contributed by atoms with Crippen molar-refractivity contribution in [2.24, 2.45) is 20.0 Å². The first-order chi connectivity index (χ1) is 14.8. The minimum absolute atomic E-state index is 0. The Morgan fingerprint density at radius 2 is 0.968 bits per heavy atom. The summed E-state index contributed by atoms with van der Waals surface area (Å²) in [4.78, 5) is 18.9. The molecule has 0 atom stereocenters. The predicted octanol–water partition coefficient (Wildman–Crippen LogP) is 4.19. The van der Waals surface area contributed by atoms with Gasteiger partial charge in [-0.15, -0.1) is 0 Å². The highest BCUT2D eigenvalue weighted by atomic mass is 24.3. The van der Waals surface area contributed by atoms with E-state index in [-0.39, 0.29) is 23.1 Å². The summed E-state index contributed by atoms with van der Waals surface area (Å²) in [5, 5.41) is 0. The number of hydrogen-bond donors (Lipinski definition) is 0. The number of aliphatic imine (C=N–C) groups is 4. The molecule has 0 N–H and O–H groups in total. The fourth-order valence-electron chi connectivity index (χ4n) is 3.75. The molecule has 5 heterocycles. The smallest absolute Gasteiger partial charge is 0.249 e. The SMILES string of the molecule is C1=CC2=NC1=CC1=NC(=CC3=NC(=CC4=NC(=C2)C=C4)C=C3c2ccccc2)C=C1.[MgH2]. The number of allylic oxidation sites excluding steroid dienone is 12. The lowest BCUT2D eigenvalue weighted by molar-refractivity contribution is 1.41. The van der Waals surface area contributed by atoms with Crippen LogP contribution < -0.4 is 0 Å². The van der Waals surface area contributed by atoms with E-state index in [9.17, 15) is 0 Å². The van der Waals surface area contributed by atoms with Crippen LogP contribution in [-0.4, -0.2) is 45.9 Å². The Kier molecular flexibility index (Phi) is 5.06. The van der Waals surface area contributed by atoms with Crippen LogP contribution in [0.3, 0.4) is 0 Å². The average Bonchev–Trinajstić information content (AvgIpc) is 3.53. The molecule has 0 saturated heterocycles. The van der Waals surface area contributed by atoms with Gasteiger partial charge in [-0.2, -0.15) is 0 Å². The van der Waals surface area contributed by atoms with Crippen molar-refractivity contribution < 1.29 is 0 Å². The van der Waals surface area contributed by atoms with Crippen LogP contribution in [0.2, 0.25) is 0 Å². The van der Waals surface area contributed by atoms with E-state index in [0.717, 1.165) is 56.8 Å². The maximum absolute atomic E-state index is 4.87. The van der Waals surface area contributed by atoms with Crippen molar-refractivity contribution in [1.82, 2.24) is 0 Å². The van der Waals surface area contributed by atoms with Crippen molar-refractivity contribution in [3.63, 3.8) is 0 Å². The van der Waals surface area contributed by atoms with Crippen LogP contribution in [0.4, 0.5) is 0 Å². The molecule has 0 aliphatic carbocycles. The zero-order valence-electron chi connectivity index (χ0n) is 16.0. The number of benzene rings is 1. The van der Waals surface area contributed by atoms with E-state index in [4.69, 9.17) is 15.0 Å². The molecule has 5 heteroatoms. The zero-order chi connectivity index (χ0) is 19.9. The monoisotopic (exact) mass is 410 g/mol. The van der Waals surface area contributed by atoms with Gasteiger partial charge in [0, 0.05) is 5.57 Å². The highest BCUT2D eigenvalue weighted by Gasteiger charge is 2.18.